The van der Waals surface area contributed by atoms with E-state index in [1.165, 1.54) is 31.0 Å². The Balaban J connectivity index is 1.56. The Bertz CT molecular complexity index is 1150. The van der Waals surface area contributed by atoms with Gasteiger partial charge in [0.25, 0.3) is 5.91 Å². The third-order valence-corrected chi connectivity index (χ3v) is 8.71. The van der Waals surface area contributed by atoms with Crippen molar-refractivity contribution in [2.24, 2.45) is 4.99 Å². The fourth-order valence-electron chi connectivity index (χ4n) is 3.92. The van der Waals surface area contributed by atoms with E-state index in [0.717, 1.165) is 11.1 Å². The highest BCUT2D eigenvalue weighted by molar-refractivity contribution is 8.15. The van der Waals surface area contributed by atoms with Crippen LogP contribution in [0.2, 0.25) is 0 Å². The van der Waals surface area contributed by atoms with Crippen molar-refractivity contribution in [3.8, 4) is 11.5 Å². The molecule has 2 saturated heterocycles. The van der Waals surface area contributed by atoms with Crippen LogP contribution in [0.4, 0.5) is 4.39 Å². The van der Waals surface area contributed by atoms with E-state index in [4.69, 9.17) is 9.47 Å². The minimum Gasteiger partial charge on any atom is -0.493 e. The summed E-state index contributed by atoms with van der Waals surface area (Å²) in [6.07, 6.45) is 0.0719. The highest BCUT2D eigenvalue weighted by atomic mass is 32.2. The van der Waals surface area contributed by atoms with Crippen LogP contribution in [0.15, 0.2) is 47.5 Å². The van der Waals surface area contributed by atoms with Gasteiger partial charge in [0.15, 0.2) is 26.5 Å². The molecule has 32 heavy (non-hydrogen) atoms. The smallest absolute Gasteiger partial charge is 0.252 e. The van der Waals surface area contributed by atoms with Gasteiger partial charge in [-0.05, 0) is 35.4 Å². The molecule has 1 amide bonds. The second-order valence-electron chi connectivity index (χ2n) is 7.71. The van der Waals surface area contributed by atoms with Crippen molar-refractivity contribution in [2.45, 2.75) is 24.3 Å². The summed E-state index contributed by atoms with van der Waals surface area (Å²) in [6.45, 7) is 0.354. The van der Waals surface area contributed by atoms with Crippen molar-refractivity contribution in [1.82, 2.24) is 4.90 Å². The first-order chi connectivity index (χ1) is 15.3. The summed E-state index contributed by atoms with van der Waals surface area (Å²) in [6, 6.07) is 11.0. The Morgan fingerprint density at radius 2 is 1.78 bits per heavy atom. The molecule has 7 nitrogen and oxygen atoms in total. The van der Waals surface area contributed by atoms with Gasteiger partial charge in [0, 0.05) is 11.8 Å². The molecule has 0 N–H and O–H groups in total. The van der Waals surface area contributed by atoms with Gasteiger partial charge >= 0.3 is 0 Å². The number of halogens is 1. The van der Waals surface area contributed by atoms with E-state index in [1.807, 2.05) is 4.90 Å². The van der Waals surface area contributed by atoms with Crippen LogP contribution < -0.4 is 9.47 Å². The van der Waals surface area contributed by atoms with E-state index in [9.17, 15) is 17.6 Å². The van der Waals surface area contributed by atoms with E-state index < -0.39 is 9.84 Å². The first-order valence-electron chi connectivity index (χ1n) is 9.98. The molecular formula is C22H23FN2O5S2. The first-order valence-corrected chi connectivity index (χ1v) is 12.7. The zero-order chi connectivity index (χ0) is 22.9. The number of carbonyl (C=O) groups excluding carboxylic acids is 1. The van der Waals surface area contributed by atoms with Crippen molar-refractivity contribution < 1.29 is 27.1 Å². The van der Waals surface area contributed by atoms with Crippen molar-refractivity contribution in [3.63, 3.8) is 0 Å². The summed E-state index contributed by atoms with van der Waals surface area (Å²) in [5.74, 6) is 0.496. The summed E-state index contributed by atoms with van der Waals surface area (Å²) in [7, 11) is -0.0732. The molecule has 2 atom stereocenters. The average Bonchev–Trinajstić information content (AvgIpc) is 3.21. The quantitative estimate of drug-likeness (QED) is 0.631. The number of thioether (sulfide) groups is 1. The number of amidine groups is 1. The van der Waals surface area contributed by atoms with E-state index in [2.05, 4.69) is 4.99 Å². The Labute approximate surface area is 190 Å². The monoisotopic (exact) mass is 478 g/mol. The molecule has 2 aromatic rings. The van der Waals surface area contributed by atoms with Crippen LogP contribution >= 0.6 is 11.8 Å². The number of aliphatic imine (C=N–C) groups is 1. The van der Waals surface area contributed by atoms with Crippen LogP contribution in [-0.2, 0) is 27.6 Å². The van der Waals surface area contributed by atoms with Crippen LogP contribution in [-0.4, -0.2) is 61.4 Å². The summed E-state index contributed by atoms with van der Waals surface area (Å²) in [5, 5.41) is 0.331. The van der Waals surface area contributed by atoms with E-state index in [1.54, 1.807) is 37.4 Å². The molecule has 10 heteroatoms. The highest BCUT2D eigenvalue weighted by Gasteiger charge is 2.48. The summed E-state index contributed by atoms with van der Waals surface area (Å²) in [5.41, 5.74) is 1.55. The number of sulfone groups is 1. The molecular weight excluding hydrogens is 455 g/mol. The number of rotatable bonds is 6. The number of benzene rings is 2. The molecule has 4 rings (SSSR count). The zero-order valence-electron chi connectivity index (χ0n) is 17.7. The molecule has 2 aliphatic rings. The largest absolute Gasteiger partial charge is 0.493 e. The van der Waals surface area contributed by atoms with E-state index in [-0.39, 0.29) is 40.9 Å². The number of carbonyl (C=O) groups is 1. The maximum Gasteiger partial charge on any atom is 0.252 e. The molecule has 0 aliphatic carbocycles. The topological polar surface area (TPSA) is 85.3 Å². The predicted octanol–water partition coefficient (Wildman–Crippen LogP) is 2.68. The molecule has 0 spiro atoms. The van der Waals surface area contributed by atoms with Crippen LogP contribution in [0, 0.1) is 5.82 Å². The van der Waals surface area contributed by atoms with Crippen molar-refractivity contribution in [3.05, 3.63) is 59.4 Å². The van der Waals surface area contributed by atoms with Crippen LogP contribution in [0.3, 0.4) is 0 Å². The van der Waals surface area contributed by atoms with Gasteiger partial charge in [-0.2, -0.15) is 4.99 Å². The van der Waals surface area contributed by atoms with Gasteiger partial charge < -0.3 is 14.4 Å². The van der Waals surface area contributed by atoms with Gasteiger partial charge in [-0.15, -0.1) is 0 Å². The normalized spacial score (nSPS) is 22.7. The number of hydrogen-bond acceptors (Lipinski definition) is 6. The molecule has 2 heterocycles. The number of nitrogens with zero attached hydrogens (tertiary/aromatic N) is 2. The third-order valence-electron chi connectivity index (χ3n) is 5.46. The molecule has 0 bridgehead atoms. The molecule has 0 aromatic heterocycles. The summed E-state index contributed by atoms with van der Waals surface area (Å²) >= 11 is 1.32. The lowest BCUT2D eigenvalue weighted by molar-refractivity contribution is -0.117. The van der Waals surface area contributed by atoms with Crippen molar-refractivity contribution in [2.75, 3.05) is 25.7 Å². The average molecular weight is 479 g/mol. The standard InChI is InChI=1S/C22H23FN2O5S2/c1-29-18-8-5-15(9-19(18)30-2)10-21(26)24-22-25(11-14-3-6-16(23)7-4-14)17-12-32(27,28)13-20(17)31-22/h3-9,17,20H,10-13H2,1-2H3/t17-,20+/m1/s1. The second-order valence-corrected chi connectivity index (χ2v) is 11.1. The van der Waals surface area contributed by atoms with Gasteiger partial charge in [0.2, 0.25) is 0 Å². The summed E-state index contributed by atoms with van der Waals surface area (Å²) in [4.78, 5) is 18.9. The van der Waals surface area contributed by atoms with Gasteiger partial charge in [-0.3, -0.25) is 4.79 Å². The zero-order valence-corrected chi connectivity index (χ0v) is 19.3. The number of hydrogen-bond donors (Lipinski definition) is 0. The third kappa shape index (κ3) is 4.91. The second kappa shape index (κ2) is 9.11. The van der Waals surface area contributed by atoms with Gasteiger partial charge in [-0.1, -0.05) is 30.0 Å². The summed E-state index contributed by atoms with van der Waals surface area (Å²) < 4.78 is 48.1. The molecule has 170 valence electrons. The lowest BCUT2D eigenvalue weighted by Gasteiger charge is -2.24. The molecule has 0 unspecified atom stereocenters. The predicted molar refractivity (Wildman–Crippen MR) is 121 cm³/mol. The number of methoxy groups -OCH3 is 2. The van der Waals surface area contributed by atoms with Gasteiger partial charge in [-0.25, -0.2) is 12.8 Å². The lowest BCUT2D eigenvalue weighted by atomic mass is 10.1. The molecule has 0 radical (unpaired) electrons. The fraction of sp³-hybridized carbons (Fsp3) is 0.364. The molecule has 2 aliphatic heterocycles. The van der Waals surface area contributed by atoms with Crippen LogP contribution in [0.5, 0.6) is 11.5 Å². The Kier molecular flexibility index (Phi) is 6.43. The first kappa shape index (κ1) is 22.6. The molecule has 2 fully saturated rings. The Morgan fingerprint density at radius 1 is 1.09 bits per heavy atom. The van der Waals surface area contributed by atoms with Crippen LogP contribution in [0.25, 0.3) is 0 Å². The van der Waals surface area contributed by atoms with E-state index >= 15 is 0 Å². The minimum absolute atomic E-state index is 0.0226. The SMILES string of the molecule is COc1ccc(CC(=O)N=C2S[C@H]3CS(=O)(=O)C[C@H]3N2Cc2ccc(F)cc2)cc1OC. The molecule has 0 saturated carbocycles. The maximum absolute atomic E-state index is 13.3. The number of amides is 1. The van der Waals surface area contributed by atoms with Crippen molar-refractivity contribution in [1.29, 1.82) is 0 Å². The number of ether oxygens (including phenoxy) is 2. The maximum atomic E-state index is 13.3. The van der Waals surface area contributed by atoms with Crippen molar-refractivity contribution >= 4 is 32.7 Å². The lowest BCUT2D eigenvalue weighted by Crippen LogP contribution is -2.37. The van der Waals surface area contributed by atoms with Gasteiger partial charge in [0.1, 0.15) is 5.82 Å². The molecule has 2 aromatic carbocycles. The number of fused-ring (bicyclic) bond motifs is 1. The Hall–Kier alpha value is -2.59. The van der Waals surface area contributed by atoms with Gasteiger partial charge in [0.05, 0.1) is 38.2 Å². The van der Waals surface area contributed by atoms with E-state index in [0.29, 0.717) is 23.2 Å². The minimum atomic E-state index is -3.14. The van der Waals surface area contributed by atoms with Crippen LogP contribution in [0.1, 0.15) is 11.1 Å². The fourth-order valence-corrected chi connectivity index (χ4v) is 7.89. The highest BCUT2D eigenvalue weighted by Crippen LogP contribution is 2.39. The Morgan fingerprint density at radius 3 is 2.47 bits per heavy atom.